The van der Waals surface area contributed by atoms with Crippen LogP contribution in [0.4, 0.5) is 5.69 Å². The lowest BCUT2D eigenvalue weighted by Gasteiger charge is -2.33. The van der Waals surface area contributed by atoms with E-state index in [1.54, 1.807) is 0 Å². The highest BCUT2D eigenvalue weighted by molar-refractivity contribution is 7.92. The first-order valence-corrected chi connectivity index (χ1v) is 8.21. The first kappa shape index (κ1) is 14.1. The number of fused-ring (bicyclic) bond motifs is 1. The van der Waals surface area contributed by atoms with E-state index in [2.05, 4.69) is 10.2 Å². The largest absolute Gasteiger partial charge is 0.392 e. The molecule has 1 aliphatic heterocycles. The van der Waals surface area contributed by atoms with E-state index in [9.17, 15) is 13.5 Å². The maximum absolute atomic E-state index is 12.9. The van der Waals surface area contributed by atoms with Gasteiger partial charge in [-0.25, -0.2) is 0 Å². The predicted octanol–water partition coefficient (Wildman–Crippen LogP) is 1.29. The topological polar surface area (TPSA) is 86.3 Å². The van der Waals surface area contributed by atoms with Gasteiger partial charge in [-0.05, 0) is 24.0 Å². The van der Waals surface area contributed by atoms with Gasteiger partial charge in [0.2, 0.25) is 0 Å². The zero-order valence-corrected chi connectivity index (χ0v) is 12.5. The molecule has 6 nitrogen and oxygen atoms in total. The van der Waals surface area contributed by atoms with Crippen LogP contribution in [-0.2, 0) is 23.1 Å². The molecule has 1 atom stereocenters. The van der Waals surface area contributed by atoms with Crippen LogP contribution in [0.5, 0.6) is 0 Å². The van der Waals surface area contributed by atoms with Crippen LogP contribution in [0.3, 0.4) is 0 Å². The first-order valence-electron chi connectivity index (χ1n) is 6.77. The van der Waals surface area contributed by atoms with E-state index in [1.165, 1.54) is 10.5 Å². The maximum Gasteiger partial charge on any atom is 0.281 e. The third-order valence-corrected chi connectivity index (χ3v) is 5.50. The van der Waals surface area contributed by atoms with Gasteiger partial charge in [0.25, 0.3) is 10.0 Å². The first-order chi connectivity index (χ1) is 10.0. The van der Waals surface area contributed by atoms with Crippen molar-refractivity contribution < 1.29 is 13.5 Å². The average molecular weight is 307 g/mol. The Kier molecular flexibility index (Phi) is 3.46. The summed E-state index contributed by atoms with van der Waals surface area (Å²) in [6.07, 6.45) is 2.20. The van der Waals surface area contributed by atoms with Gasteiger partial charge in [0.05, 0.1) is 18.5 Å². The standard InChI is InChI=1S/C14H17N3O3S/c1-10-6-11-4-2-3-5-13(11)17(8-10)21(19,20)14-12(9-18)7-15-16-14/h2-5,7,10,18H,6,8-9H2,1H3,(H,15,16). The van der Waals surface area contributed by atoms with Crippen molar-refractivity contribution in [2.24, 2.45) is 5.92 Å². The minimum absolute atomic E-state index is 0.0334. The molecule has 2 N–H and O–H groups in total. The number of nitrogens with zero attached hydrogens (tertiary/aromatic N) is 2. The van der Waals surface area contributed by atoms with Gasteiger partial charge < -0.3 is 5.11 Å². The lowest BCUT2D eigenvalue weighted by atomic mass is 9.96. The van der Waals surface area contributed by atoms with Crippen LogP contribution in [0, 0.1) is 5.92 Å². The van der Waals surface area contributed by atoms with E-state index in [1.807, 2.05) is 31.2 Å². The second-order valence-corrected chi connectivity index (χ2v) is 7.16. The molecule has 0 saturated heterocycles. The lowest BCUT2D eigenvalue weighted by molar-refractivity contribution is 0.278. The van der Waals surface area contributed by atoms with Gasteiger partial charge >= 0.3 is 0 Å². The van der Waals surface area contributed by atoms with E-state index in [-0.39, 0.29) is 23.1 Å². The summed E-state index contributed by atoms with van der Waals surface area (Å²) in [5, 5.41) is 15.5. The lowest BCUT2D eigenvalue weighted by Crippen LogP contribution is -2.39. The summed E-state index contributed by atoms with van der Waals surface area (Å²) in [5.41, 5.74) is 2.00. The van der Waals surface area contributed by atoms with Crippen molar-refractivity contribution in [3.05, 3.63) is 41.6 Å². The molecule has 7 heteroatoms. The molecule has 1 unspecified atom stereocenters. The van der Waals surface area contributed by atoms with Gasteiger partial charge in [0.15, 0.2) is 5.03 Å². The summed E-state index contributed by atoms with van der Waals surface area (Å²) in [7, 11) is -3.75. The Morgan fingerprint density at radius 2 is 2.19 bits per heavy atom. The summed E-state index contributed by atoms with van der Waals surface area (Å²) < 4.78 is 27.2. The fraction of sp³-hybridized carbons (Fsp3) is 0.357. The van der Waals surface area contributed by atoms with Gasteiger partial charge in [-0.1, -0.05) is 25.1 Å². The number of aromatic amines is 1. The summed E-state index contributed by atoms with van der Waals surface area (Å²) in [4.78, 5) is 0. The summed E-state index contributed by atoms with van der Waals surface area (Å²) in [6, 6.07) is 7.51. The Morgan fingerprint density at radius 1 is 1.43 bits per heavy atom. The smallest absolute Gasteiger partial charge is 0.281 e. The quantitative estimate of drug-likeness (QED) is 0.894. The van der Waals surface area contributed by atoms with Crippen molar-refractivity contribution in [1.29, 1.82) is 0 Å². The Labute approximate surface area is 123 Å². The number of para-hydroxylation sites is 1. The number of rotatable bonds is 3. The molecule has 112 valence electrons. The number of aromatic nitrogens is 2. The van der Waals surface area contributed by atoms with Crippen LogP contribution in [0.15, 0.2) is 35.5 Å². The molecule has 21 heavy (non-hydrogen) atoms. The van der Waals surface area contributed by atoms with Crippen molar-refractivity contribution in [3.8, 4) is 0 Å². The monoisotopic (exact) mass is 307 g/mol. The molecule has 0 amide bonds. The minimum atomic E-state index is -3.75. The van der Waals surface area contributed by atoms with Gasteiger partial charge in [0.1, 0.15) is 0 Å². The molecule has 0 spiro atoms. The SMILES string of the molecule is CC1Cc2ccccc2N(S(=O)(=O)c2[nH]ncc2CO)C1. The molecule has 1 aromatic carbocycles. The van der Waals surface area contributed by atoms with Crippen molar-refractivity contribution in [3.63, 3.8) is 0 Å². The molecule has 0 bridgehead atoms. The van der Waals surface area contributed by atoms with Crippen molar-refractivity contribution >= 4 is 15.7 Å². The van der Waals surface area contributed by atoms with Crippen LogP contribution in [0.1, 0.15) is 18.1 Å². The Bertz CT molecular complexity index is 754. The molecule has 2 aromatic rings. The fourth-order valence-electron chi connectivity index (χ4n) is 2.72. The summed E-state index contributed by atoms with van der Waals surface area (Å²) in [5.74, 6) is 0.232. The van der Waals surface area contributed by atoms with Crippen LogP contribution >= 0.6 is 0 Å². The van der Waals surface area contributed by atoms with Crippen molar-refractivity contribution in [2.45, 2.75) is 25.0 Å². The number of benzene rings is 1. The predicted molar refractivity (Wildman–Crippen MR) is 78.4 cm³/mol. The van der Waals surface area contributed by atoms with E-state index >= 15 is 0 Å². The van der Waals surface area contributed by atoms with Crippen LogP contribution in [0.25, 0.3) is 0 Å². The van der Waals surface area contributed by atoms with E-state index in [4.69, 9.17) is 0 Å². The molecule has 2 heterocycles. The Morgan fingerprint density at radius 3 is 2.95 bits per heavy atom. The van der Waals surface area contributed by atoms with Gasteiger partial charge in [-0.15, -0.1) is 0 Å². The highest BCUT2D eigenvalue weighted by Crippen LogP contribution is 2.33. The highest BCUT2D eigenvalue weighted by Gasteiger charge is 2.34. The second kappa shape index (κ2) is 5.16. The number of hydrogen-bond acceptors (Lipinski definition) is 4. The normalized spacial score (nSPS) is 18.6. The van der Waals surface area contributed by atoms with Crippen molar-refractivity contribution in [1.82, 2.24) is 10.2 Å². The highest BCUT2D eigenvalue weighted by atomic mass is 32.2. The average Bonchev–Trinajstić information content (AvgIpc) is 2.95. The van der Waals surface area contributed by atoms with Crippen LogP contribution in [0.2, 0.25) is 0 Å². The zero-order chi connectivity index (χ0) is 15.0. The number of aliphatic hydroxyl groups is 1. The molecule has 3 rings (SSSR count). The van der Waals surface area contributed by atoms with Gasteiger partial charge in [0, 0.05) is 12.1 Å². The summed E-state index contributed by atoms with van der Waals surface area (Å²) >= 11 is 0. The van der Waals surface area contributed by atoms with Gasteiger partial charge in [-0.2, -0.15) is 13.5 Å². The number of sulfonamides is 1. The fourth-order valence-corrected chi connectivity index (χ4v) is 4.45. The molecule has 0 fully saturated rings. The number of anilines is 1. The molecule has 1 aromatic heterocycles. The Balaban J connectivity index is 2.12. The third-order valence-electron chi connectivity index (χ3n) is 3.70. The van der Waals surface area contributed by atoms with Crippen LogP contribution < -0.4 is 4.31 Å². The van der Waals surface area contributed by atoms with Gasteiger partial charge in [-0.3, -0.25) is 9.40 Å². The molecule has 0 aliphatic carbocycles. The molecule has 0 saturated carbocycles. The Hall–Kier alpha value is -1.86. The number of aliphatic hydroxyl groups excluding tert-OH is 1. The molecular formula is C14H17N3O3S. The third kappa shape index (κ3) is 2.32. The van der Waals surface area contributed by atoms with E-state index < -0.39 is 10.0 Å². The van der Waals surface area contributed by atoms with Crippen LogP contribution in [-0.4, -0.2) is 30.3 Å². The minimum Gasteiger partial charge on any atom is -0.392 e. The summed E-state index contributed by atoms with van der Waals surface area (Å²) in [6.45, 7) is 2.08. The van der Waals surface area contributed by atoms with E-state index in [0.717, 1.165) is 12.0 Å². The number of hydrogen-bond donors (Lipinski definition) is 2. The molecule has 1 aliphatic rings. The number of H-pyrrole nitrogens is 1. The maximum atomic E-state index is 12.9. The molecular weight excluding hydrogens is 290 g/mol. The van der Waals surface area contributed by atoms with Crippen molar-refractivity contribution in [2.75, 3.05) is 10.8 Å². The zero-order valence-electron chi connectivity index (χ0n) is 11.7. The second-order valence-electron chi connectivity index (χ2n) is 5.36. The van der Waals surface area contributed by atoms with E-state index in [0.29, 0.717) is 12.2 Å². The molecule has 0 radical (unpaired) electrons. The number of nitrogens with one attached hydrogen (secondary N) is 1.